The molecule has 0 amide bonds. The van der Waals surface area contributed by atoms with Crippen LogP contribution in [0.15, 0.2) is 0 Å². The molecule has 0 atom stereocenters. The summed E-state index contributed by atoms with van der Waals surface area (Å²) in [5, 5.41) is -1.39. The van der Waals surface area contributed by atoms with E-state index in [1.807, 2.05) is 15.9 Å². The maximum atomic E-state index is 11.5. The minimum Gasteiger partial charge on any atom is -0.195 e. The molecule has 0 aliphatic carbocycles. The molecule has 9 heavy (non-hydrogen) atoms. The molecule has 0 aliphatic heterocycles. The van der Waals surface area contributed by atoms with Crippen molar-refractivity contribution in [3.05, 3.63) is 0 Å². The molecule has 56 valence electrons. The average molecular weight is 213 g/mol. The van der Waals surface area contributed by atoms with E-state index in [4.69, 9.17) is 0 Å². The summed E-state index contributed by atoms with van der Waals surface area (Å²) < 4.78 is 56.1. The fourth-order valence-electron chi connectivity index (χ4n) is 0.0758. The highest BCUT2D eigenvalue weighted by Crippen LogP contribution is 2.36. The molecule has 0 fully saturated rings. The van der Waals surface area contributed by atoms with Crippen LogP contribution >= 0.6 is 15.9 Å². The average Bonchev–Trinajstić information content (AvgIpc) is 1.64. The molecule has 0 aliphatic rings. The first-order valence-corrected chi connectivity index (χ1v) is 2.94. The van der Waals surface area contributed by atoms with Gasteiger partial charge in [-0.2, -0.15) is 22.0 Å². The third kappa shape index (κ3) is 2.08. The molecule has 0 spiro atoms. The molecular weight excluding hydrogens is 211 g/mol. The molecule has 0 nitrogen and oxygen atoms in total. The first kappa shape index (κ1) is 9.13. The minimum atomic E-state index is -5.43. The largest absolute Gasteiger partial charge is 0.454 e. The monoisotopic (exact) mass is 212 g/mol. The van der Waals surface area contributed by atoms with E-state index in [-0.39, 0.29) is 0 Å². The van der Waals surface area contributed by atoms with Crippen LogP contribution in [0, 0.1) is 0 Å². The predicted molar refractivity (Wildman–Crippen MR) is 24.8 cm³/mol. The van der Waals surface area contributed by atoms with Crippen LogP contribution in [-0.4, -0.2) is 17.4 Å². The van der Waals surface area contributed by atoms with Gasteiger partial charge in [0.1, 0.15) is 0 Å². The van der Waals surface area contributed by atoms with Gasteiger partial charge in [0.15, 0.2) is 0 Å². The first-order valence-electron chi connectivity index (χ1n) is 1.82. The summed E-state index contributed by atoms with van der Waals surface area (Å²) in [7, 11) is 0. The van der Waals surface area contributed by atoms with Crippen LogP contribution in [-0.2, 0) is 0 Å². The molecule has 0 N–H and O–H groups in total. The topological polar surface area (TPSA) is 0 Å². The zero-order chi connectivity index (χ0) is 7.71. The zero-order valence-electron chi connectivity index (χ0n) is 3.97. The fourth-order valence-corrected chi connectivity index (χ4v) is 0.394. The van der Waals surface area contributed by atoms with Crippen LogP contribution in [0.4, 0.5) is 22.0 Å². The molecule has 0 rings (SSSR count). The quantitative estimate of drug-likeness (QED) is 0.463. The van der Waals surface area contributed by atoms with E-state index in [1.165, 1.54) is 0 Å². The molecule has 0 aromatic rings. The summed E-state index contributed by atoms with van der Waals surface area (Å²) in [6, 6.07) is 0. The van der Waals surface area contributed by atoms with Crippen molar-refractivity contribution in [3.8, 4) is 0 Å². The van der Waals surface area contributed by atoms with E-state index in [1.54, 1.807) is 0 Å². The SMILES string of the molecule is FC(F)(F)C(F)(F)CBr. The Balaban J connectivity index is 4.14. The second-order valence-electron chi connectivity index (χ2n) is 1.34. The van der Waals surface area contributed by atoms with Gasteiger partial charge in [0, 0.05) is 0 Å². The van der Waals surface area contributed by atoms with Crippen molar-refractivity contribution in [2.45, 2.75) is 12.1 Å². The van der Waals surface area contributed by atoms with E-state index in [0.717, 1.165) is 0 Å². The summed E-state index contributed by atoms with van der Waals surface area (Å²) in [5.74, 6) is -4.60. The highest BCUT2D eigenvalue weighted by Gasteiger charge is 2.56. The number of alkyl halides is 6. The van der Waals surface area contributed by atoms with Gasteiger partial charge in [0.2, 0.25) is 0 Å². The molecule has 0 heterocycles. The molecular formula is C3H2BrF5. The lowest BCUT2D eigenvalue weighted by Gasteiger charge is -2.15. The van der Waals surface area contributed by atoms with Crippen LogP contribution in [0.2, 0.25) is 0 Å². The van der Waals surface area contributed by atoms with Gasteiger partial charge in [0.05, 0.1) is 5.33 Å². The Morgan fingerprint density at radius 3 is 1.33 bits per heavy atom. The second-order valence-corrected chi connectivity index (χ2v) is 1.90. The van der Waals surface area contributed by atoms with Crippen LogP contribution in [0.3, 0.4) is 0 Å². The van der Waals surface area contributed by atoms with Crippen molar-refractivity contribution in [1.82, 2.24) is 0 Å². The number of hydrogen-bond acceptors (Lipinski definition) is 0. The van der Waals surface area contributed by atoms with Crippen LogP contribution in [0.25, 0.3) is 0 Å². The van der Waals surface area contributed by atoms with Crippen LogP contribution in [0.1, 0.15) is 0 Å². The van der Waals surface area contributed by atoms with Crippen molar-refractivity contribution < 1.29 is 22.0 Å². The Kier molecular flexibility index (Phi) is 2.43. The van der Waals surface area contributed by atoms with E-state index >= 15 is 0 Å². The van der Waals surface area contributed by atoms with Crippen molar-refractivity contribution in [2.24, 2.45) is 0 Å². The Bertz CT molecular complexity index is 94.9. The van der Waals surface area contributed by atoms with Gasteiger partial charge < -0.3 is 0 Å². The molecule has 6 heteroatoms. The standard InChI is InChI=1S/C3H2BrF5/c4-1-2(5,6)3(7,8)9/h1H2. The molecule has 0 unspecified atom stereocenters. The Labute approximate surface area is 56.2 Å². The molecule has 0 saturated carbocycles. The fraction of sp³-hybridized carbons (Fsp3) is 1.00. The third-order valence-corrected chi connectivity index (χ3v) is 1.29. The van der Waals surface area contributed by atoms with Gasteiger partial charge in [-0.25, -0.2) is 0 Å². The smallest absolute Gasteiger partial charge is 0.195 e. The summed E-state index contributed by atoms with van der Waals surface area (Å²) in [4.78, 5) is 0. The molecule has 0 radical (unpaired) electrons. The molecule has 0 bridgehead atoms. The van der Waals surface area contributed by atoms with Crippen molar-refractivity contribution in [3.63, 3.8) is 0 Å². The normalized spacial score (nSPS) is 14.0. The van der Waals surface area contributed by atoms with E-state index in [9.17, 15) is 22.0 Å². The molecule has 0 saturated heterocycles. The van der Waals surface area contributed by atoms with Crippen molar-refractivity contribution in [2.75, 3.05) is 5.33 Å². The summed E-state index contributed by atoms with van der Waals surface area (Å²) in [6.07, 6.45) is -5.43. The van der Waals surface area contributed by atoms with E-state index in [2.05, 4.69) is 0 Å². The van der Waals surface area contributed by atoms with E-state index in [0.29, 0.717) is 0 Å². The summed E-state index contributed by atoms with van der Waals surface area (Å²) >= 11 is 2.04. The number of halogens is 6. The minimum absolute atomic E-state index is 1.39. The van der Waals surface area contributed by atoms with Gasteiger partial charge in [-0.15, -0.1) is 0 Å². The Morgan fingerprint density at radius 1 is 1.00 bits per heavy atom. The maximum absolute atomic E-state index is 11.5. The maximum Gasteiger partial charge on any atom is 0.454 e. The summed E-state index contributed by atoms with van der Waals surface area (Å²) in [5.41, 5.74) is 0. The van der Waals surface area contributed by atoms with Gasteiger partial charge in [-0.05, 0) is 0 Å². The zero-order valence-corrected chi connectivity index (χ0v) is 5.56. The lowest BCUT2D eigenvalue weighted by Crippen LogP contribution is -2.37. The molecule has 0 aromatic heterocycles. The van der Waals surface area contributed by atoms with E-state index < -0.39 is 17.4 Å². The Hall–Kier alpha value is 0.130. The summed E-state index contributed by atoms with van der Waals surface area (Å²) in [6.45, 7) is 0. The van der Waals surface area contributed by atoms with Crippen molar-refractivity contribution >= 4 is 15.9 Å². The van der Waals surface area contributed by atoms with Crippen LogP contribution < -0.4 is 0 Å². The highest BCUT2D eigenvalue weighted by molar-refractivity contribution is 9.09. The van der Waals surface area contributed by atoms with Gasteiger partial charge in [0.25, 0.3) is 0 Å². The predicted octanol–water partition coefficient (Wildman–Crippen LogP) is 2.58. The van der Waals surface area contributed by atoms with Crippen molar-refractivity contribution in [1.29, 1.82) is 0 Å². The van der Waals surface area contributed by atoms with Gasteiger partial charge in [-0.3, -0.25) is 0 Å². The number of rotatable bonds is 1. The molecule has 0 aromatic carbocycles. The Morgan fingerprint density at radius 2 is 1.33 bits per heavy atom. The second kappa shape index (κ2) is 2.40. The van der Waals surface area contributed by atoms with Gasteiger partial charge in [-0.1, -0.05) is 15.9 Å². The lowest BCUT2D eigenvalue weighted by atomic mass is 10.4. The number of hydrogen-bond donors (Lipinski definition) is 0. The highest BCUT2D eigenvalue weighted by atomic mass is 79.9. The van der Waals surface area contributed by atoms with Gasteiger partial charge >= 0.3 is 12.1 Å². The third-order valence-electron chi connectivity index (χ3n) is 0.583. The van der Waals surface area contributed by atoms with Crippen LogP contribution in [0.5, 0.6) is 0 Å². The first-order chi connectivity index (χ1) is 3.81. The lowest BCUT2D eigenvalue weighted by molar-refractivity contribution is -0.270.